The van der Waals surface area contributed by atoms with Crippen LogP contribution in [0.15, 0.2) is 22.7 Å². The fourth-order valence-corrected chi connectivity index (χ4v) is 1.50. The van der Waals surface area contributed by atoms with Crippen molar-refractivity contribution in [3.05, 3.63) is 28.2 Å². The number of rotatable bonds is 2. The molecule has 0 heterocycles. The highest BCUT2D eigenvalue weighted by Gasteiger charge is 2.39. The van der Waals surface area contributed by atoms with E-state index in [-0.39, 0.29) is 23.7 Å². The lowest BCUT2D eigenvalue weighted by Gasteiger charge is -2.18. The molecule has 1 atom stereocenters. The van der Waals surface area contributed by atoms with E-state index >= 15 is 0 Å². The van der Waals surface area contributed by atoms with Crippen LogP contribution in [0.25, 0.3) is 0 Å². The minimum Gasteiger partial charge on any atom is -0.496 e. The SMILES string of the molecule is COc1ccc(Br)cc1[C@@H](N)C(F)(F)F.Cl. The third-order valence-corrected chi connectivity index (χ3v) is 2.37. The van der Waals surface area contributed by atoms with Gasteiger partial charge in [-0.3, -0.25) is 0 Å². The highest BCUT2D eigenvalue weighted by molar-refractivity contribution is 9.10. The van der Waals surface area contributed by atoms with Gasteiger partial charge < -0.3 is 10.5 Å². The Kier molecular flexibility index (Phi) is 5.58. The summed E-state index contributed by atoms with van der Waals surface area (Å²) in [6, 6.07) is 2.29. The van der Waals surface area contributed by atoms with Gasteiger partial charge in [-0.05, 0) is 18.2 Å². The largest absolute Gasteiger partial charge is 0.496 e. The molecule has 1 rings (SSSR count). The highest BCUT2D eigenvalue weighted by atomic mass is 79.9. The normalized spacial score (nSPS) is 12.9. The minimum absolute atomic E-state index is 0. The van der Waals surface area contributed by atoms with Crippen molar-refractivity contribution < 1.29 is 17.9 Å². The van der Waals surface area contributed by atoms with Crippen LogP contribution in [0.3, 0.4) is 0 Å². The number of benzene rings is 1. The summed E-state index contributed by atoms with van der Waals surface area (Å²) in [6.45, 7) is 0. The lowest BCUT2D eigenvalue weighted by atomic mass is 10.1. The second kappa shape index (κ2) is 5.75. The van der Waals surface area contributed by atoms with Gasteiger partial charge in [0.25, 0.3) is 0 Å². The molecule has 0 unspecified atom stereocenters. The lowest BCUT2D eigenvalue weighted by molar-refractivity contribution is -0.149. The van der Waals surface area contributed by atoms with E-state index in [0.29, 0.717) is 4.47 Å². The van der Waals surface area contributed by atoms with Crippen molar-refractivity contribution in [2.75, 3.05) is 7.11 Å². The molecule has 2 N–H and O–H groups in total. The Morgan fingerprint density at radius 3 is 2.38 bits per heavy atom. The quantitative estimate of drug-likeness (QED) is 0.906. The Hall–Kier alpha value is -0.460. The van der Waals surface area contributed by atoms with E-state index in [4.69, 9.17) is 10.5 Å². The zero-order chi connectivity index (χ0) is 11.6. The van der Waals surface area contributed by atoms with Crippen LogP contribution in [0.5, 0.6) is 5.75 Å². The van der Waals surface area contributed by atoms with Crippen molar-refractivity contribution in [3.8, 4) is 5.75 Å². The third kappa shape index (κ3) is 3.54. The van der Waals surface area contributed by atoms with Crippen LogP contribution < -0.4 is 10.5 Å². The molecule has 0 saturated heterocycles. The van der Waals surface area contributed by atoms with Crippen molar-refractivity contribution in [1.29, 1.82) is 0 Å². The standard InChI is InChI=1S/C9H9BrF3NO.ClH/c1-15-7-3-2-5(10)4-6(7)8(14)9(11,12)13;/h2-4,8H,14H2,1H3;1H/t8-;/m1./s1. The Balaban J connectivity index is 0.00000225. The van der Waals surface area contributed by atoms with Crippen LogP contribution in [-0.4, -0.2) is 13.3 Å². The number of alkyl halides is 3. The van der Waals surface area contributed by atoms with Crippen molar-refractivity contribution in [2.45, 2.75) is 12.2 Å². The van der Waals surface area contributed by atoms with Gasteiger partial charge in [0.05, 0.1) is 7.11 Å². The van der Waals surface area contributed by atoms with E-state index in [1.165, 1.54) is 19.2 Å². The third-order valence-electron chi connectivity index (χ3n) is 1.88. The number of halogens is 5. The summed E-state index contributed by atoms with van der Waals surface area (Å²) in [6.07, 6.45) is -4.48. The molecule has 0 fully saturated rings. The molecule has 1 aromatic carbocycles. The molecule has 0 radical (unpaired) electrons. The Labute approximate surface area is 105 Å². The molecule has 0 aliphatic carbocycles. The van der Waals surface area contributed by atoms with Gasteiger partial charge in [0.2, 0.25) is 0 Å². The summed E-state index contributed by atoms with van der Waals surface area (Å²) in [7, 11) is 1.30. The molecule has 0 bridgehead atoms. The fourth-order valence-electron chi connectivity index (χ4n) is 1.12. The molecule has 16 heavy (non-hydrogen) atoms. The van der Waals surface area contributed by atoms with Gasteiger partial charge in [-0.15, -0.1) is 12.4 Å². The van der Waals surface area contributed by atoms with E-state index in [9.17, 15) is 13.2 Å². The molecular formula is C9H10BrClF3NO. The number of nitrogens with two attached hydrogens (primary N) is 1. The van der Waals surface area contributed by atoms with E-state index < -0.39 is 12.2 Å². The van der Waals surface area contributed by atoms with Crippen LogP contribution in [-0.2, 0) is 0 Å². The average molecular weight is 321 g/mol. The van der Waals surface area contributed by atoms with Crippen LogP contribution in [0.1, 0.15) is 11.6 Å². The van der Waals surface area contributed by atoms with E-state index in [0.717, 1.165) is 0 Å². The van der Waals surface area contributed by atoms with Crippen molar-refractivity contribution in [2.24, 2.45) is 5.73 Å². The zero-order valence-electron chi connectivity index (χ0n) is 8.22. The fraction of sp³-hybridized carbons (Fsp3) is 0.333. The molecule has 1 aromatic rings. The van der Waals surface area contributed by atoms with Gasteiger partial charge in [0.15, 0.2) is 0 Å². The van der Waals surface area contributed by atoms with Crippen LogP contribution in [0.2, 0.25) is 0 Å². The van der Waals surface area contributed by atoms with Gasteiger partial charge in [-0.2, -0.15) is 13.2 Å². The first kappa shape index (κ1) is 15.5. The Morgan fingerprint density at radius 2 is 1.94 bits per heavy atom. The zero-order valence-corrected chi connectivity index (χ0v) is 10.6. The smallest absolute Gasteiger partial charge is 0.407 e. The average Bonchev–Trinajstić information content (AvgIpc) is 2.15. The monoisotopic (exact) mass is 319 g/mol. The highest BCUT2D eigenvalue weighted by Crippen LogP contribution is 2.36. The number of ether oxygens (including phenoxy) is 1. The molecule has 0 aromatic heterocycles. The molecule has 0 aliphatic rings. The van der Waals surface area contributed by atoms with Gasteiger partial charge in [-0.25, -0.2) is 0 Å². The summed E-state index contributed by atoms with van der Waals surface area (Å²) in [5, 5.41) is 0. The summed E-state index contributed by atoms with van der Waals surface area (Å²) < 4.78 is 42.5. The Bertz CT molecular complexity index is 359. The molecule has 0 spiro atoms. The Morgan fingerprint density at radius 1 is 1.38 bits per heavy atom. The molecule has 0 amide bonds. The summed E-state index contributed by atoms with van der Waals surface area (Å²) >= 11 is 3.08. The predicted octanol–water partition coefficient (Wildman–Crippen LogP) is 3.44. The van der Waals surface area contributed by atoms with Gasteiger partial charge in [-0.1, -0.05) is 15.9 Å². The van der Waals surface area contributed by atoms with E-state index in [1.807, 2.05) is 0 Å². The molecule has 0 aliphatic heterocycles. The molecular weight excluding hydrogens is 310 g/mol. The first-order chi connectivity index (χ1) is 6.86. The van der Waals surface area contributed by atoms with Gasteiger partial charge >= 0.3 is 6.18 Å². The van der Waals surface area contributed by atoms with Crippen molar-refractivity contribution in [3.63, 3.8) is 0 Å². The second-order valence-electron chi connectivity index (χ2n) is 2.91. The van der Waals surface area contributed by atoms with Gasteiger partial charge in [0.1, 0.15) is 11.8 Å². The van der Waals surface area contributed by atoms with Gasteiger partial charge in [0, 0.05) is 10.0 Å². The van der Waals surface area contributed by atoms with E-state index in [1.54, 1.807) is 6.07 Å². The molecule has 0 saturated carbocycles. The minimum atomic E-state index is -4.48. The maximum absolute atomic E-state index is 12.4. The van der Waals surface area contributed by atoms with Crippen molar-refractivity contribution in [1.82, 2.24) is 0 Å². The topological polar surface area (TPSA) is 35.2 Å². The second-order valence-corrected chi connectivity index (χ2v) is 3.82. The predicted molar refractivity (Wildman–Crippen MR) is 60.9 cm³/mol. The molecule has 7 heteroatoms. The molecule has 2 nitrogen and oxygen atoms in total. The number of methoxy groups -OCH3 is 1. The first-order valence-corrected chi connectivity index (χ1v) is 4.81. The van der Waals surface area contributed by atoms with Crippen LogP contribution in [0.4, 0.5) is 13.2 Å². The maximum Gasteiger partial charge on any atom is 0.407 e. The summed E-state index contributed by atoms with van der Waals surface area (Å²) in [4.78, 5) is 0. The summed E-state index contributed by atoms with van der Waals surface area (Å²) in [5.74, 6) is 0.128. The first-order valence-electron chi connectivity index (χ1n) is 4.02. The number of hydrogen-bond donors (Lipinski definition) is 1. The summed E-state index contributed by atoms with van der Waals surface area (Å²) in [5.41, 5.74) is 5.01. The molecule has 92 valence electrons. The van der Waals surface area contributed by atoms with Crippen LogP contribution >= 0.6 is 28.3 Å². The maximum atomic E-state index is 12.4. The lowest BCUT2D eigenvalue weighted by Crippen LogP contribution is -2.28. The van der Waals surface area contributed by atoms with Crippen molar-refractivity contribution >= 4 is 28.3 Å². The number of hydrogen-bond acceptors (Lipinski definition) is 2. The van der Waals surface area contributed by atoms with Crippen LogP contribution in [0, 0.1) is 0 Å². The van der Waals surface area contributed by atoms with E-state index in [2.05, 4.69) is 15.9 Å².